The monoisotopic (exact) mass is 549 g/mol. The molecule has 0 radical (unpaired) electrons. The summed E-state index contributed by atoms with van der Waals surface area (Å²) in [5.41, 5.74) is 5.72. The number of rotatable bonds is 4. The third kappa shape index (κ3) is 4.47. The van der Waals surface area contributed by atoms with Crippen LogP contribution in [0.1, 0.15) is 49.9 Å². The molecule has 3 aliphatic rings. The zero-order valence-corrected chi connectivity index (χ0v) is 22.4. The fourth-order valence-electron chi connectivity index (χ4n) is 7.03. The maximum Gasteiger partial charge on any atom is 0.392 e. The van der Waals surface area contributed by atoms with Gasteiger partial charge in [-0.15, -0.1) is 0 Å². The van der Waals surface area contributed by atoms with E-state index in [4.69, 9.17) is 0 Å². The zero-order chi connectivity index (χ0) is 28.2. The van der Waals surface area contributed by atoms with Crippen LogP contribution < -0.4 is 5.32 Å². The highest BCUT2D eigenvalue weighted by molar-refractivity contribution is 5.93. The van der Waals surface area contributed by atoms with Gasteiger partial charge in [-0.2, -0.15) is 18.3 Å². The Morgan fingerprint density at radius 3 is 2.67 bits per heavy atom. The van der Waals surface area contributed by atoms with Crippen molar-refractivity contribution in [3.8, 4) is 5.69 Å². The highest BCUT2D eigenvalue weighted by Crippen LogP contribution is 2.59. The number of carbonyl (C=O) groups excluding carboxylic acids is 1. The number of fused-ring (bicyclic) bond motifs is 4. The Morgan fingerprint density at radius 1 is 1.18 bits per heavy atom. The molecule has 40 heavy (non-hydrogen) atoms. The van der Waals surface area contributed by atoms with E-state index < -0.39 is 35.3 Å². The number of carbonyl (C=O) groups is 1. The quantitative estimate of drug-likeness (QED) is 0.268. The summed E-state index contributed by atoms with van der Waals surface area (Å²) in [5, 5.41) is 7.38. The molecular weight excluding hydrogens is 518 g/mol. The standard InChI is InChI=1S/C32H31F4N3O/c1-3-19-5-4-6-23(15-19)38-30(40)29-25-12-7-21-16-28-20(18-37-39(28)24-10-8-22(33)9-11-24)17-31(21,2)26(25)13-14-27(29)32(34,35)36/h4-6,8-11,13,15-16,18,25,27,29H,3,7,12,14,17H2,1-2H3,(H,38,40)/t25?,27-,29-,31+/m1/s1. The van der Waals surface area contributed by atoms with E-state index in [-0.39, 0.29) is 12.2 Å². The second-order valence-corrected chi connectivity index (χ2v) is 11.4. The molecule has 1 N–H and O–H groups in total. The lowest BCUT2D eigenvalue weighted by Crippen LogP contribution is -2.49. The average molecular weight is 550 g/mol. The van der Waals surface area contributed by atoms with Crippen LogP contribution in [-0.2, 0) is 17.6 Å². The number of amides is 1. The molecule has 3 aliphatic carbocycles. The van der Waals surface area contributed by atoms with Gasteiger partial charge in [0.1, 0.15) is 5.82 Å². The highest BCUT2D eigenvalue weighted by atomic mass is 19.4. The Kier molecular flexibility index (Phi) is 6.47. The first kappa shape index (κ1) is 26.5. The van der Waals surface area contributed by atoms with Crippen molar-refractivity contribution in [2.45, 2.75) is 52.1 Å². The Hall–Kier alpha value is -3.68. The zero-order valence-electron chi connectivity index (χ0n) is 22.4. The van der Waals surface area contributed by atoms with Crippen LogP contribution >= 0.6 is 0 Å². The second-order valence-electron chi connectivity index (χ2n) is 11.4. The Balaban J connectivity index is 1.35. The van der Waals surface area contributed by atoms with Crippen molar-refractivity contribution in [3.05, 3.63) is 94.6 Å². The SMILES string of the molecule is CCc1cccc(NC(=O)[C@@H]2C3CCC4=Cc5c(cnn5-c5ccc(F)cc5)C[C@]4(C)C3=CC[C@H]2C(F)(F)F)c1. The number of hydrogen-bond donors (Lipinski definition) is 1. The number of nitrogens with zero attached hydrogens (tertiary/aromatic N) is 2. The Morgan fingerprint density at radius 2 is 1.95 bits per heavy atom. The lowest BCUT2D eigenvalue weighted by atomic mass is 9.54. The fraction of sp³-hybridized carbons (Fsp3) is 0.375. The van der Waals surface area contributed by atoms with Crippen molar-refractivity contribution in [1.29, 1.82) is 0 Å². The number of benzene rings is 2. The number of aryl methyl sites for hydroxylation is 1. The smallest absolute Gasteiger partial charge is 0.326 e. The van der Waals surface area contributed by atoms with Gasteiger partial charge in [0, 0.05) is 11.1 Å². The van der Waals surface area contributed by atoms with Gasteiger partial charge in [0.25, 0.3) is 0 Å². The van der Waals surface area contributed by atoms with Crippen LogP contribution in [0, 0.1) is 29.0 Å². The lowest BCUT2D eigenvalue weighted by Gasteiger charge is -2.50. The van der Waals surface area contributed by atoms with Crippen LogP contribution in [-0.4, -0.2) is 21.9 Å². The number of halogens is 4. The molecule has 0 aliphatic heterocycles. The van der Waals surface area contributed by atoms with Gasteiger partial charge in [0.05, 0.1) is 29.4 Å². The van der Waals surface area contributed by atoms with Crippen LogP contribution in [0.15, 0.2) is 72.0 Å². The number of aromatic nitrogens is 2. The van der Waals surface area contributed by atoms with Gasteiger partial charge in [-0.3, -0.25) is 4.79 Å². The molecule has 1 aromatic heterocycles. The third-order valence-corrected chi connectivity index (χ3v) is 9.07. The summed E-state index contributed by atoms with van der Waals surface area (Å²) in [6, 6.07) is 13.4. The predicted molar refractivity (Wildman–Crippen MR) is 146 cm³/mol. The molecular formula is C32H31F4N3O. The van der Waals surface area contributed by atoms with Crippen molar-refractivity contribution < 1.29 is 22.4 Å². The van der Waals surface area contributed by atoms with E-state index >= 15 is 0 Å². The minimum Gasteiger partial charge on any atom is -0.326 e. The average Bonchev–Trinajstić information content (AvgIpc) is 3.33. The molecule has 2 aromatic carbocycles. The van der Waals surface area contributed by atoms with E-state index in [1.54, 1.807) is 35.2 Å². The molecule has 8 heteroatoms. The Bertz CT molecular complexity index is 1520. The minimum absolute atomic E-state index is 0.215. The molecule has 4 nitrogen and oxygen atoms in total. The molecule has 1 fully saturated rings. The van der Waals surface area contributed by atoms with Gasteiger partial charge < -0.3 is 5.32 Å². The van der Waals surface area contributed by atoms with Crippen molar-refractivity contribution in [2.75, 3.05) is 5.32 Å². The van der Waals surface area contributed by atoms with Gasteiger partial charge >= 0.3 is 6.18 Å². The van der Waals surface area contributed by atoms with Crippen LogP contribution in [0.4, 0.5) is 23.2 Å². The molecule has 6 rings (SSSR count). The highest BCUT2D eigenvalue weighted by Gasteiger charge is 2.56. The number of hydrogen-bond acceptors (Lipinski definition) is 2. The molecule has 0 spiro atoms. The summed E-state index contributed by atoms with van der Waals surface area (Å²) in [6.45, 7) is 4.08. The first-order valence-electron chi connectivity index (χ1n) is 13.8. The topological polar surface area (TPSA) is 46.9 Å². The maximum absolute atomic E-state index is 14.3. The molecule has 3 aromatic rings. The van der Waals surface area contributed by atoms with E-state index in [9.17, 15) is 22.4 Å². The van der Waals surface area contributed by atoms with Crippen LogP contribution in [0.25, 0.3) is 11.8 Å². The van der Waals surface area contributed by atoms with Gasteiger partial charge in [0.2, 0.25) is 5.91 Å². The number of alkyl halides is 3. The number of allylic oxidation sites excluding steroid dienone is 3. The van der Waals surface area contributed by atoms with Crippen LogP contribution in [0.5, 0.6) is 0 Å². The first-order valence-corrected chi connectivity index (χ1v) is 13.8. The fourth-order valence-corrected chi connectivity index (χ4v) is 7.03. The second kappa shape index (κ2) is 9.75. The van der Waals surface area contributed by atoms with E-state index in [0.717, 1.165) is 40.1 Å². The van der Waals surface area contributed by atoms with Crippen molar-refractivity contribution in [2.24, 2.45) is 23.2 Å². The van der Waals surface area contributed by atoms with Crippen molar-refractivity contribution >= 4 is 17.7 Å². The van der Waals surface area contributed by atoms with E-state index in [0.29, 0.717) is 24.9 Å². The largest absolute Gasteiger partial charge is 0.392 e. The van der Waals surface area contributed by atoms with Crippen LogP contribution in [0.2, 0.25) is 0 Å². The normalized spacial score (nSPS) is 25.7. The van der Waals surface area contributed by atoms with Crippen molar-refractivity contribution in [1.82, 2.24) is 9.78 Å². The molecule has 1 heterocycles. The van der Waals surface area contributed by atoms with Gasteiger partial charge in [-0.1, -0.05) is 43.2 Å². The van der Waals surface area contributed by atoms with Crippen LogP contribution in [0.3, 0.4) is 0 Å². The maximum atomic E-state index is 14.3. The minimum atomic E-state index is -4.48. The number of nitrogens with one attached hydrogen (secondary N) is 1. The predicted octanol–water partition coefficient (Wildman–Crippen LogP) is 7.69. The molecule has 4 atom stereocenters. The van der Waals surface area contributed by atoms with Crippen molar-refractivity contribution in [3.63, 3.8) is 0 Å². The van der Waals surface area contributed by atoms with E-state index in [2.05, 4.69) is 23.4 Å². The first-order chi connectivity index (χ1) is 19.1. The van der Waals surface area contributed by atoms with Gasteiger partial charge in [0.15, 0.2) is 0 Å². The summed E-state index contributed by atoms with van der Waals surface area (Å²) >= 11 is 0. The molecule has 208 valence electrons. The Labute approximate surface area is 230 Å². The lowest BCUT2D eigenvalue weighted by molar-refractivity contribution is -0.196. The molecule has 0 bridgehead atoms. The molecule has 1 saturated carbocycles. The van der Waals surface area contributed by atoms with Gasteiger partial charge in [-0.05, 0) is 91.6 Å². The summed E-state index contributed by atoms with van der Waals surface area (Å²) in [6.07, 6.45) is 3.34. The molecule has 1 amide bonds. The summed E-state index contributed by atoms with van der Waals surface area (Å²) in [7, 11) is 0. The number of anilines is 1. The molecule has 0 saturated heterocycles. The molecule has 1 unspecified atom stereocenters. The third-order valence-electron chi connectivity index (χ3n) is 9.07. The summed E-state index contributed by atoms with van der Waals surface area (Å²) < 4.78 is 58.3. The summed E-state index contributed by atoms with van der Waals surface area (Å²) in [5.74, 6) is -4.34. The van der Waals surface area contributed by atoms with E-state index in [1.165, 1.54) is 12.1 Å². The van der Waals surface area contributed by atoms with E-state index in [1.807, 2.05) is 25.1 Å². The summed E-state index contributed by atoms with van der Waals surface area (Å²) in [4.78, 5) is 13.6. The van der Waals surface area contributed by atoms with Gasteiger partial charge in [-0.25, -0.2) is 9.07 Å².